The predicted molar refractivity (Wildman–Crippen MR) is 70.9 cm³/mol. The maximum atomic E-state index is 12.7. The maximum absolute atomic E-state index is 12.7. The zero-order valence-corrected chi connectivity index (χ0v) is 10.5. The van der Waals surface area contributed by atoms with Gasteiger partial charge in [-0.2, -0.15) is 0 Å². The van der Waals surface area contributed by atoms with Crippen molar-refractivity contribution in [1.82, 2.24) is 4.98 Å². The summed E-state index contributed by atoms with van der Waals surface area (Å²) in [6.45, 7) is 1.92. The van der Waals surface area contributed by atoms with Gasteiger partial charge in [0.15, 0.2) is 5.13 Å². The van der Waals surface area contributed by atoms with Crippen LogP contribution >= 0.6 is 11.3 Å². The van der Waals surface area contributed by atoms with E-state index in [0.717, 1.165) is 10.4 Å². The lowest BCUT2D eigenvalue weighted by atomic mass is 10.2. The number of hydrogen-bond acceptors (Lipinski definition) is 3. The number of nitrogens with one attached hydrogen (secondary N) is 1. The number of anilines is 1. The normalized spacial score (nSPS) is 10.8. The predicted octanol–water partition coefficient (Wildman–Crippen LogP) is 3.24. The Kier molecular flexibility index (Phi) is 3.84. The molecule has 1 amide bonds. The molecule has 0 spiro atoms. The fourth-order valence-corrected chi connectivity index (χ4v) is 1.97. The molecule has 0 atom stereocenters. The molecule has 0 fully saturated rings. The van der Waals surface area contributed by atoms with Crippen LogP contribution in [0.3, 0.4) is 0 Å². The minimum atomic E-state index is -0.296. The summed E-state index contributed by atoms with van der Waals surface area (Å²) < 4.78 is 12.7. The van der Waals surface area contributed by atoms with Crippen molar-refractivity contribution in [2.75, 3.05) is 5.32 Å². The van der Waals surface area contributed by atoms with Crippen LogP contribution in [-0.4, -0.2) is 10.9 Å². The average molecular weight is 262 g/mol. The van der Waals surface area contributed by atoms with E-state index in [1.807, 2.05) is 6.92 Å². The first-order valence-electron chi connectivity index (χ1n) is 5.30. The summed E-state index contributed by atoms with van der Waals surface area (Å²) in [6, 6.07) is 5.91. The Morgan fingerprint density at radius 1 is 1.39 bits per heavy atom. The first-order valence-corrected chi connectivity index (χ1v) is 6.12. The van der Waals surface area contributed by atoms with Gasteiger partial charge in [-0.25, -0.2) is 9.37 Å². The zero-order valence-electron chi connectivity index (χ0n) is 9.68. The lowest BCUT2D eigenvalue weighted by Gasteiger charge is -1.96. The van der Waals surface area contributed by atoms with Gasteiger partial charge in [-0.3, -0.25) is 10.1 Å². The molecule has 0 aliphatic carbocycles. The minimum absolute atomic E-state index is 0.256. The van der Waals surface area contributed by atoms with E-state index >= 15 is 0 Å². The van der Waals surface area contributed by atoms with E-state index in [4.69, 9.17) is 0 Å². The van der Waals surface area contributed by atoms with E-state index in [-0.39, 0.29) is 11.7 Å². The second-order valence-corrected chi connectivity index (χ2v) is 4.88. The van der Waals surface area contributed by atoms with Crippen LogP contribution in [0.25, 0.3) is 6.08 Å². The number of carbonyl (C=O) groups excluding carboxylic acids is 1. The standard InChI is InChI=1S/C13H11FN2OS/c1-9-8-15-13(18-9)16-12(17)7-4-10-2-5-11(14)6-3-10/h2-8H,1H3,(H,15,16,17)/b7-4+. The number of rotatable bonds is 3. The average Bonchev–Trinajstić information content (AvgIpc) is 2.74. The lowest BCUT2D eigenvalue weighted by Crippen LogP contribution is -2.06. The third-order valence-corrected chi connectivity index (χ3v) is 2.98. The molecule has 0 radical (unpaired) electrons. The lowest BCUT2D eigenvalue weighted by molar-refractivity contribution is -0.111. The summed E-state index contributed by atoms with van der Waals surface area (Å²) in [6.07, 6.45) is 4.71. The van der Waals surface area contributed by atoms with Gasteiger partial charge in [0, 0.05) is 17.2 Å². The summed E-state index contributed by atoms with van der Waals surface area (Å²) in [4.78, 5) is 16.6. The van der Waals surface area contributed by atoms with Crippen molar-refractivity contribution >= 4 is 28.5 Å². The minimum Gasteiger partial charge on any atom is -0.298 e. The second-order valence-electron chi connectivity index (χ2n) is 3.65. The number of thiazole rings is 1. The highest BCUT2D eigenvalue weighted by molar-refractivity contribution is 7.15. The summed E-state index contributed by atoms with van der Waals surface area (Å²) in [5.41, 5.74) is 0.766. The third-order valence-electron chi connectivity index (χ3n) is 2.15. The first kappa shape index (κ1) is 12.4. The van der Waals surface area contributed by atoms with E-state index in [1.54, 1.807) is 24.4 Å². The summed E-state index contributed by atoms with van der Waals surface area (Å²) in [5.74, 6) is -0.552. The van der Waals surface area contributed by atoms with Crippen molar-refractivity contribution in [3.63, 3.8) is 0 Å². The van der Waals surface area contributed by atoms with E-state index in [9.17, 15) is 9.18 Å². The van der Waals surface area contributed by atoms with Crippen LogP contribution < -0.4 is 5.32 Å². The second kappa shape index (κ2) is 5.55. The number of halogens is 1. The highest BCUT2D eigenvalue weighted by atomic mass is 32.1. The Balaban J connectivity index is 1.96. The van der Waals surface area contributed by atoms with E-state index in [1.165, 1.54) is 29.5 Å². The van der Waals surface area contributed by atoms with Gasteiger partial charge in [0.25, 0.3) is 0 Å². The summed E-state index contributed by atoms with van der Waals surface area (Å²) >= 11 is 1.41. The van der Waals surface area contributed by atoms with E-state index in [0.29, 0.717) is 5.13 Å². The molecule has 0 aliphatic heterocycles. The van der Waals surface area contributed by atoms with Crippen LogP contribution in [0.5, 0.6) is 0 Å². The number of nitrogens with zero attached hydrogens (tertiary/aromatic N) is 1. The van der Waals surface area contributed by atoms with Crippen molar-refractivity contribution in [3.05, 3.63) is 52.8 Å². The molecule has 1 heterocycles. The molecule has 5 heteroatoms. The van der Waals surface area contributed by atoms with Gasteiger partial charge in [-0.05, 0) is 30.7 Å². The zero-order chi connectivity index (χ0) is 13.0. The van der Waals surface area contributed by atoms with Crippen molar-refractivity contribution < 1.29 is 9.18 Å². The molecule has 3 nitrogen and oxygen atoms in total. The topological polar surface area (TPSA) is 42.0 Å². The number of amides is 1. The number of benzene rings is 1. The van der Waals surface area contributed by atoms with Gasteiger partial charge in [0.05, 0.1) is 0 Å². The molecule has 0 aliphatic rings. The number of aromatic nitrogens is 1. The molecular weight excluding hydrogens is 251 g/mol. The molecule has 2 aromatic rings. The van der Waals surface area contributed by atoms with Crippen molar-refractivity contribution in [3.8, 4) is 0 Å². The Bertz CT molecular complexity index is 575. The van der Waals surface area contributed by atoms with Crippen LogP contribution in [0, 0.1) is 12.7 Å². The number of hydrogen-bond donors (Lipinski definition) is 1. The molecule has 1 N–H and O–H groups in total. The van der Waals surface area contributed by atoms with Gasteiger partial charge >= 0.3 is 0 Å². The molecule has 0 bridgehead atoms. The van der Waals surface area contributed by atoms with E-state index in [2.05, 4.69) is 10.3 Å². The van der Waals surface area contributed by atoms with Crippen LogP contribution in [0.2, 0.25) is 0 Å². The van der Waals surface area contributed by atoms with Crippen LogP contribution in [0.1, 0.15) is 10.4 Å². The Hall–Kier alpha value is -2.01. The van der Waals surface area contributed by atoms with Crippen LogP contribution in [0.4, 0.5) is 9.52 Å². The third kappa shape index (κ3) is 3.49. The quantitative estimate of drug-likeness (QED) is 0.863. The van der Waals surface area contributed by atoms with Crippen molar-refractivity contribution in [2.24, 2.45) is 0 Å². The molecule has 18 heavy (non-hydrogen) atoms. The molecule has 0 saturated heterocycles. The summed E-state index contributed by atoms with van der Waals surface area (Å²) in [5, 5.41) is 3.22. The maximum Gasteiger partial charge on any atom is 0.250 e. The van der Waals surface area contributed by atoms with Crippen LogP contribution in [0.15, 0.2) is 36.5 Å². The Morgan fingerprint density at radius 3 is 2.72 bits per heavy atom. The van der Waals surface area contributed by atoms with Gasteiger partial charge in [-0.1, -0.05) is 12.1 Å². The molecule has 1 aromatic carbocycles. The van der Waals surface area contributed by atoms with Gasteiger partial charge < -0.3 is 0 Å². The molecule has 92 valence electrons. The Morgan fingerprint density at radius 2 is 2.11 bits per heavy atom. The highest BCUT2D eigenvalue weighted by Gasteiger charge is 2.01. The number of carbonyl (C=O) groups is 1. The monoisotopic (exact) mass is 262 g/mol. The highest BCUT2D eigenvalue weighted by Crippen LogP contribution is 2.16. The largest absolute Gasteiger partial charge is 0.298 e. The fourth-order valence-electron chi connectivity index (χ4n) is 1.31. The van der Waals surface area contributed by atoms with E-state index < -0.39 is 0 Å². The van der Waals surface area contributed by atoms with Crippen molar-refractivity contribution in [1.29, 1.82) is 0 Å². The van der Waals surface area contributed by atoms with Gasteiger partial charge in [-0.15, -0.1) is 11.3 Å². The van der Waals surface area contributed by atoms with Gasteiger partial charge in [0.1, 0.15) is 5.82 Å². The molecule has 0 saturated carbocycles. The van der Waals surface area contributed by atoms with Crippen molar-refractivity contribution in [2.45, 2.75) is 6.92 Å². The molecular formula is C13H11FN2OS. The van der Waals surface area contributed by atoms with Crippen LogP contribution in [-0.2, 0) is 4.79 Å². The Labute approximate surface area is 108 Å². The fraction of sp³-hybridized carbons (Fsp3) is 0.0769. The van der Waals surface area contributed by atoms with Gasteiger partial charge in [0.2, 0.25) is 5.91 Å². The molecule has 1 aromatic heterocycles. The molecule has 0 unspecified atom stereocenters. The number of aryl methyl sites for hydroxylation is 1. The summed E-state index contributed by atoms with van der Waals surface area (Å²) in [7, 11) is 0. The first-order chi connectivity index (χ1) is 8.63. The SMILES string of the molecule is Cc1cnc(NC(=O)/C=C/c2ccc(F)cc2)s1. The molecule has 2 rings (SSSR count). The smallest absolute Gasteiger partial charge is 0.250 e.